The zero-order chi connectivity index (χ0) is 7.61. The lowest BCUT2D eigenvalue weighted by Gasteiger charge is -2.11. The molecule has 1 aliphatic rings. The Balaban J connectivity index is 0.000001000. The molecule has 0 aliphatic carbocycles. The molecule has 11 heavy (non-hydrogen) atoms. The zero-order valence-electron chi connectivity index (χ0n) is 5.95. The number of rotatable bonds is 1. The maximum absolute atomic E-state index is 11.7. The van der Waals surface area contributed by atoms with Gasteiger partial charge < -0.3 is 5.32 Å². The van der Waals surface area contributed by atoms with Gasteiger partial charge in [-0.15, -0.1) is 12.4 Å². The molecule has 0 spiro atoms. The Kier molecular flexibility index (Phi) is 4.18. The van der Waals surface area contributed by atoms with Crippen molar-refractivity contribution in [3.05, 3.63) is 0 Å². The van der Waals surface area contributed by atoms with Gasteiger partial charge in [-0.2, -0.15) is 13.2 Å². The van der Waals surface area contributed by atoms with Crippen LogP contribution in [0, 0.1) is 0 Å². The predicted octanol–water partition coefficient (Wildman–Crippen LogP) is 2.11. The second kappa shape index (κ2) is 4.16. The van der Waals surface area contributed by atoms with Crippen molar-refractivity contribution >= 4 is 12.4 Å². The lowest BCUT2D eigenvalue weighted by Crippen LogP contribution is -2.27. The Bertz CT molecular complexity index is 109. The van der Waals surface area contributed by atoms with Gasteiger partial charge in [0.05, 0.1) is 6.42 Å². The van der Waals surface area contributed by atoms with E-state index >= 15 is 0 Å². The van der Waals surface area contributed by atoms with Crippen molar-refractivity contribution in [2.24, 2.45) is 0 Å². The van der Waals surface area contributed by atoms with Gasteiger partial charge in [-0.3, -0.25) is 0 Å². The molecule has 0 saturated carbocycles. The first-order chi connectivity index (χ1) is 4.58. The summed E-state index contributed by atoms with van der Waals surface area (Å²) in [5.41, 5.74) is 0. The van der Waals surface area contributed by atoms with Crippen molar-refractivity contribution in [3.63, 3.8) is 0 Å². The van der Waals surface area contributed by atoms with E-state index in [1.807, 2.05) is 0 Å². The number of alkyl halides is 3. The van der Waals surface area contributed by atoms with E-state index < -0.39 is 12.6 Å². The van der Waals surface area contributed by atoms with Crippen LogP contribution in [-0.2, 0) is 0 Å². The summed E-state index contributed by atoms with van der Waals surface area (Å²) in [6, 6.07) is -0.319. The molecule has 68 valence electrons. The Morgan fingerprint density at radius 1 is 1.36 bits per heavy atom. The summed E-state index contributed by atoms with van der Waals surface area (Å²) >= 11 is 0. The highest BCUT2D eigenvalue weighted by molar-refractivity contribution is 5.85. The first kappa shape index (κ1) is 11.0. The average molecular weight is 190 g/mol. The van der Waals surface area contributed by atoms with Crippen molar-refractivity contribution in [2.75, 3.05) is 6.54 Å². The van der Waals surface area contributed by atoms with Crippen LogP contribution < -0.4 is 5.32 Å². The van der Waals surface area contributed by atoms with E-state index in [9.17, 15) is 13.2 Å². The van der Waals surface area contributed by atoms with Gasteiger partial charge in [0.25, 0.3) is 0 Å². The largest absolute Gasteiger partial charge is 0.390 e. The molecule has 1 unspecified atom stereocenters. The standard InChI is InChI=1S/C6H10F3N.ClH/c7-6(8,9)4-5-2-1-3-10-5;/h5,10H,1-4H2;1H. The van der Waals surface area contributed by atoms with Gasteiger partial charge in [-0.1, -0.05) is 0 Å². The molecule has 0 aromatic rings. The molecule has 1 atom stereocenters. The molecule has 1 fully saturated rings. The van der Waals surface area contributed by atoms with Crippen LogP contribution >= 0.6 is 12.4 Å². The fourth-order valence-electron chi connectivity index (χ4n) is 1.21. The van der Waals surface area contributed by atoms with E-state index in [0.717, 1.165) is 13.0 Å². The van der Waals surface area contributed by atoms with Crippen LogP contribution in [0.25, 0.3) is 0 Å². The van der Waals surface area contributed by atoms with Gasteiger partial charge in [0.2, 0.25) is 0 Å². The average Bonchev–Trinajstić information content (AvgIpc) is 2.12. The summed E-state index contributed by atoms with van der Waals surface area (Å²) < 4.78 is 35.0. The smallest absolute Gasteiger partial charge is 0.314 e. The fourth-order valence-corrected chi connectivity index (χ4v) is 1.21. The molecular weight excluding hydrogens is 179 g/mol. The van der Waals surface area contributed by atoms with Gasteiger partial charge in [0, 0.05) is 6.04 Å². The maximum Gasteiger partial charge on any atom is 0.390 e. The molecule has 1 nitrogen and oxygen atoms in total. The van der Waals surface area contributed by atoms with Crippen molar-refractivity contribution in [1.82, 2.24) is 5.32 Å². The summed E-state index contributed by atoms with van der Waals surface area (Å²) in [5, 5.41) is 2.79. The summed E-state index contributed by atoms with van der Waals surface area (Å²) in [7, 11) is 0. The number of hydrogen-bond donors (Lipinski definition) is 1. The monoisotopic (exact) mass is 189 g/mol. The molecule has 1 heterocycles. The second-order valence-electron chi connectivity index (χ2n) is 2.61. The first-order valence-corrected chi connectivity index (χ1v) is 3.38. The molecule has 1 aliphatic heterocycles. The first-order valence-electron chi connectivity index (χ1n) is 3.38. The Hall–Kier alpha value is 0.0400. The van der Waals surface area contributed by atoms with Crippen molar-refractivity contribution in [2.45, 2.75) is 31.5 Å². The summed E-state index contributed by atoms with van der Waals surface area (Å²) in [6.07, 6.45) is -3.13. The molecule has 1 N–H and O–H groups in total. The van der Waals surface area contributed by atoms with E-state index in [4.69, 9.17) is 0 Å². The minimum Gasteiger partial charge on any atom is -0.314 e. The van der Waals surface area contributed by atoms with Crippen molar-refractivity contribution in [3.8, 4) is 0 Å². The Labute approximate surface area is 69.8 Å². The molecule has 0 amide bonds. The van der Waals surface area contributed by atoms with Gasteiger partial charge in [-0.05, 0) is 19.4 Å². The van der Waals surface area contributed by atoms with E-state index in [1.165, 1.54) is 0 Å². The van der Waals surface area contributed by atoms with E-state index in [0.29, 0.717) is 6.42 Å². The van der Waals surface area contributed by atoms with E-state index in [1.54, 1.807) is 0 Å². The van der Waals surface area contributed by atoms with Crippen molar-refractivity contribution in [1.29, 1.82) is 0 Å². The second-order valence-corrected chi connectivity index (χ2v) is 2.61. The molecule has 0 aromatic heterocycles. The van der Waals surface area contributed by atoms with Gasteiger partial charge in [0.1, 0.15) is 0 Å². The molecule has 0 radical (unpaired) electrons. The molecule has 0 bridgehead atoms. The third kappa shape index (κ3) is 4.48. The van der Waals surface area contributed by atoms with Crippen LogP contribution in [0.1, 0.15) is 19.3 Å². The van der Waals surface area contributed by atoms with E-state index in [-0.39, 0.29) is 18.4 Å². The van der Waals surface area contributed by atoms with Crippen LogP contribution in [0.2, 0.25) is 0 Å². The van der Waals surface area contributed by atoms with Gasteiger partial charge in [-0.25, -0.2) is 0 Å². The fraction of sp³-hybridized carbons (Fsp3) is 1.00. The number of nitrogens with one attached hydrogen (secondary N) is 1. The summed E-state index contributed by atoms with van der Waals surface area (Å²) in [5.74, 6) is 0. The third-order valence-corrected chi connectivity index (χ3v) is 1.64. The molecular formula is C6H11ClF3N. The lowest BCUT2D eigenvalue weighted by molar-refractivity contribution is -0.139. The highest BCUT2D eigenvalue weighted by Crippen LogP contribution is 2.24. The third-order valence-electron chi connectivity index (χ3n) is 1.64. The van der Waals surface area contributed by atoms with Crippen LogP contribution in [0.5, 0.6) is 0 Å². The van der Waals surface area contributed by atoms with Crippen LogP contribution in [0.3, 0.4) is 0 Å². The summed E-state index contributed by atoms with van der Waals surface area (Å²) in [4.78, 5) is 0. The highest BCUT2D eigenvalue weighted by atomic mass is 35.5. The molecule has 1 saturated heterocycles. The van der Waals surface area contributed by atoms with Crippen molar-refractivity contribution < 1.29 is 13.2 Å². The maximum atomic E-state index is 11.7. The van der Waals surface area contributed by atoms with Crippen LogP contribution in [0.15, 0.2) is 0 Å². The number of hydrogen-bond acceptors (Lipinski definition) is 1. The molecule has 5 heteroatoms. The topological polar surface area (TPSA) is 12.0 Å². The van der Waals surface area contributed by atoms with Gasteiger partial charge in [0.15, 0.2) is 0 Å². The van der Waals surface area contributed by atoms with Crippen LogP contribution in [-0.4, -0.2) is 18.8 Å². The predicted molar refractivity (Wildman–Crippen MR) is 38.9 cm³/mol. The normalized spacial score (nSPS) is 24.8. The Morgan fingerprint density at radius 3 is 2.36 bits per heavy atom. The SMILES string of the molecule is Cl.FC(F)(F)CC1CCCN1. The quantitative estimate of drug-likeness (QED) is 0.666. The minimum absolute atomic E-state index is 0. The highest BCUT2D eigenvalue weighted by Gasteiger charge is 2.32. The number of halogens is 4. The molecule has 1 rings (SSSR count). The summed E-state index contributed by atoms with van der Waals surface area (Å²) in [6.45, 7) is 0.737. The lowest BCUT2D eigenvalue weighted by atomic mass is 10.1. The van der Waals surface area contributed by atoms with E-state index in [2.05, 4.69) is 5.32 Å². The zero-order valence-corrected chi connectivity index (χ0v) is 6.76. The Morgan fingerprint density at radius 2 is 2.00 bits per heavy atom. The minimum atomic E-state index is -4.00. The van der Waals surface area contributed by atoms with Gasteiger partial charge >= 0.3 is 6.18 Å². The molecule has 0 aromatic carbocycles. The van der Waals surface area contributed by atoms with Crippen LogP contribution in [0.4, 0.5) is 13.2 Å².